The Kier molecular flexibility index (Phi) is 5.99. The van der Waals surface area contributed by atoms with E-state index in [2.05, 4.69) is 26.4 Å². The Labute approximate surface area is 141 Å². The van der Waals surface area contributed by atoms with Gasteiger partial charge < -0.3 is 20.0 Å². The van der Waals surface area contributed by atoms with Gasteiger partial charge in [-0.15, -0.1) is 0 Å². The lowest BCUT2D eigenvalue weighted by atomic mass is 10.2. The Balaban J connectivity index is 2.02. The van der Waals surface area contributed by atoms with Gasteiger partial charge in [0.2, 0.25) is 0 Å². The number of para-hydroxylation sites is 2. The first-order chi connectivity index (χ1) is 11.1. The van der Waals surface area contributed by atoms with Gasteiger partial charge in [0.05, 0.1) is 19.0 Å². The van der Waals surface area contributed by atoms with Crippen LogP contribution in [-0.4, -0.2) is 31.0 Å². The van der Waals surface area contributed by atoms with Gasteiger partial charge in [0, 0.05) is 10.0 Å². The molecule has 0 fully saturated rings. The van der Waals surface area contributed by atoms with E-state index in [1.807, 2.05) is 6.07 Å². The highest BCUT2D eigenvalue weighted by atomic mass is 79.9. The summed E-state index contributed by atoms with van der Waals surface area (Å²) < 4.78 is 11.4. The molecular formula is C16H15BrN2O4. The van der Waals surface area contributed by atoms with Crippen LogP contribution in [0.15, 0.2) is 52.1 Å². The van der Waals surface area contributed by atoms with E-state index in [0.29, 0.717) is 22.7 Å². The van der Waals surface area contributed by atoms with Crippen molar-refractivity contribution in [2.24, 2.45) is 5.16 Å². The van der Waals surface area contributed by atoms with Gasteiger partial charge in [0.25, 0.3) is 5.91 Å². The number of oxime groups is 1. The molecular weight excluding hydrogens is 364 g/mol. The lowest BCUT2D eigenvalue weighted by Gasteiger charge is -2.11. The van der Waals surface area contributed by atoms with Crippen molar-refractivity contribution >= 4 is 33.7 Å². The third kappa shape index (κ3) is 4.72. The van der Waals surface area contributed by atoms with Crippen LogP contribution in [0.1, 0.15) is 5.56 Å². The summed E-state index contributed by atoms with van der Waals surface area (Å²) in [6, 6.07) is 12.3. The fraction of sp³-hybridized carbons (Fsp3) is 0.125. The zero-order valence-electron chi connectivity index (χ0n) is 12.3. The molecule has 0 unspecified atom stereocenters. The number of anilines is 1. The Morgan fingerprint density at radius 2 is 2.09 bits per heavy atom. The molecule has 0 aliphatic rings. The number of nitrogens with one attached hydrogen (secondary N) is 1. The molecule has 7 heteroatoms. The molecule has 0 radical (unpaired) electrons. The van der Waals surface area contributed by atoms with Crippen LogP contribution in [0.4, 0.5) is 5.69 Å². The average molecular weight is 379 g/mol. The summed E-state index contributed by atoms with van der Waals surface area (Å²) in [7, 11) is 1.53. The summed E-state index contributed by atoms with van der Waals surface area (Å²) in [5.74, 6) is 0.670. The van der Waals surface area contributed by atoms with Gasteiger partial charge in [-0.2, -0.15) is 0 Å². The molecule has 6 nitrogen and oxygen atoms in total. The van der Waals surface area contributed by atoms with Crippen LogP contribution in [0.5, 0.6) is 11.5 Å². The maximum atomic E-state index is 12.0. The summed E-state index contributed by atoms with van der Waals surface area (Å²) in [5.41, 5.74) is 1.11. The van der Waals surface area contributed by atoms with Gasteiger partial charge in [-0.05, 0) is 30.3 Å². The number of amides is 1. The van der Waals surface area contributed by atoms with Crippen molar-refractivity contribution in [2.45, 2.75) is 0 Å². The van der Waals surface area contributed by atoms with E-state index < -0.39 is 0 Å². The molecule has 2 aromatic rings. The Morgan fingerprint density at radius 1 is 1.30 bits per heavy atom. The van der Waals surface area contributed by atoms with Gasteiger partial charge >= 0.3 is 0 Å². The molecule has 1 amide bonds. The molecule has 2 aromatic carbocycles. The van der Waals surface area contributed by atoms with Crippen LogP contribution < -0.4 is 14.8 Å². The number of hydrogen-bond acceptors (Lipinski definition) is 5. The monoisotopic (exact) mass is 378 g/mol. The largest absolute Gasteiger partial charge is 0.495 e. The van der Waals surface area contributed by atoms with Crippen LogP contribution in [0, 0.1) is 0 Å². The van der Waals surface area contributed by atoms with Crippen LogP contribution in [0.3, 0.4) is 0 Å². The predicted octanol–water partition coefficient (Wildman–Crippen LogP) is 3.28. The number of ether oxygens (including phenoxy) is 2. The maximum Gasteiger partial charge on any atom is 0.262 e. The normalized spacial score (nSPS) is 10.5. The lowest BCUT2D eigenvalue weighted by Crippen LogP contribution is -2.20. The highest BCUT2D eigenvalue weighted by Crippen LogP contribution is 2.24. The van der Waals surface area contributed by atoms with Gasteiger partial charge in [0.15, 0.2) is 6.61 Å². The number of methoxy groups -OCH3 is 1. The highest BCUT2D eigenvalue weighted by molar-refractivity contribution is 9.10. The minimum absolute atomic E-state index is 0.189. The summed E-state index contributed by atoms with van der Waals surface area (Å²) in [4.78, 5) is 12.0. The minimum Gasteiger partial charge on any atom is -0.495 e. The molecule has 0 spiro atoms. The molecule has 0 aliphatic carbocycles. The van der Waals surface area contributed by atoms with E-state index in [1.54, 1.807) is 36.4 Å². The van der Waals surface area contributed by atoms with E-state index in [0.717, 1.165) is 4.47 Å². The fourth-order valence-electron chi connectivity index (χ4n) is 1.89. The maximum absolute atomic E-state index is 12.0. The average Bonchev–Trinajstić information content (AvgIpc) is 2.55. The molecule has 0 aromatic heterocycles. The zero-order valence-corrected chi connectivity index (χ0v) is 13.9. The SMILES string of the molecule is COc1ccccc1NC(=O)COc1ccc(Br)cc1/C=N/O. The van der Waals surface area contributed by atoms with Crippen molar-refractivity contribution in [3.8, 4) is 11.5 Å². The van der Waals surface area contributed by atoms with Gasteiger partial charge in [-0.25, -0.2) is 0 Å². The van der Waals surface area contributed by atoms with Crippen molar-refractivity contribution in [1.82, 2.24) is 0 Å². The topological polar surface area (TPSA) is 80.2 Å². The first-order valence-electron chi connectivity index (χ1n) is 6.66. The molecule has 0 aliphatic heterocycles. The number of carbonyl (C=O) groups is 1. The van der Waals surface area contributed by atoms with E-state index in [9.17, 15) is 4.79 Å². The van der Waals surface area contributed by atoms with Gasteiger partial charge in [0.1, 0.15) is 11.5 Å². The second-order valence-corrected chi connectivity index (χ2v) is 5.38. The van der Waals surface area contributed by atoms with Crippen LogP contribution in [0.25, 0.3) is 0 Å². The zero-order chi connectivity index (χ0) is 16.7. The number of carbonyl (C=O) groups excluding carboxylic acids is 1. The van der Waals surface area contributed by atoms with Crippen LogP contribution in [-0.2, 0) is 4.79 Å². The number of nitrogens with zero attached hydrogens (tertiary/aromatic N) is 1. The predicted molar refractivity (Wildman–Crippen MR) is 90.6 cm³/mol. The molecule has 2 rings (SSSR count). The minimum atomic E-state index is -0.329. The number of halogens is 1. The Bertz CT molecular complexity index is 719. The number of hydrogen-bond donors (Lipinski definition) is 2. The first-order valence-corrected chi connectivity index (χ1v) is 7.46. The van der Waals surface area contributed by atoms with E-state index >= 15 is 0 Å². The lowest BCUT2D eigenvalue weighted by molar-refractivity contribution is -0.118. The van der Waals surface area contributed by atoms with Gasteiger partial charge in [-0.1, -0.05) is 33.2 Å². The smallest absolute Gasteiger partial charge is 0.262 e. The molecule has 0 atom stereocenters. The Hall–Kier alpha value is -2.54. The molecule has 23 heavy (non-hydrogen) atoms. The number of rotatable bonds is 6. The molecule has 2 N–H and O–H groups in total. The third-order valence-electron chi connectivity index (χ3n) is 2.91. The first kappa shape index (κ1) is 16.8. The summed E-state index contributed by atoms with van der Waals surface area (Å²) in [6.45, 7) is -0.189. The second kappa shape index (κ2) is 8.19. The summed E-state index contributed by atoms with van der Waals surface area (Å²) in [6.07, 6.45) is 1.23. The third-order valence-corrected chi connectivity index (χ3v) is 3.40. The fourth-order valence-corrected chi connectivity index (χ4v) is 2.27. The van der Waals surface area contributed by atoms with Crippen LogP contribution in [0.2, 0.25) is 0 Å². The second-order valence-electron chi connectivity index (χ2n) is 4.46. The molecule has 120 valence electrons. The van der Waals surface area contributed by atoms with Crippen molar-refractivity contribution in [3.05, 3.63) is 52.5 Å². The summed E-state index contributed by atoms with van der Waals surface area (Å²) in [5, 5.41) is 14.4. The van der Waals surface area contributed by atoms with Crippen molar-refractivity contribution in [1.29, 1.82) is 0 Å². The molecule has 0 saturated heterocycles. The van der Waals surface area contributed by atoms with Crippen molar-refractivity contribution < 1.29 is 19.5 Å². The molecule has 0 heterocycles. The van der Waals surface area contributed by atoms with E-state index in [4.69, 9.17) is 14.7 Å². The molecule has 0 saturated carbocycles. The summed E-state index contributed by atoms with van der Waals surface area (Å²) >= 11 is 3.31. The molecule has 0 bridgehead atoms. The quantitative estimate of drug-likeness (QED) is 0.459. The standard InChI is InChI=1S/C16H15BrN2O4/c1-22-15-5-3-2-4-13(15)19-16(20)10-23-14-7-6-12(17)8-11(14)9-18-21/h2-9,21H,10H2,1H3,(H,19,20)/b18-9+. The van der Waals surface area contributed by atoms with Crippen LogP contribution >= 0.6 is 15.9 Å². The van der Waals surface area contributed by atoms with Gasteiger partial charge in [-0.3, -0.25) is 4.79 Å². The van der Waals surface area contributed by atoms with Crippen molar-refractivity contribution in [3.63, 3.8) is 0 Å². The highest BCUT2D eigenvalue weighted by Gasteiger charge is 2.09. The number of benzene rings is 2. The van der Waals surface area contributed by atoms with E-state index in [-0.39, 0.29) is 12.5 Å². The Morgan fingerprint density at radius 3 is 2.83 bits per heavy atom. The van der Waals surface area contributed by atoms with Crippen molar-refractivity contribution in [2.75, 3.05) is 19.0 Å². The van der Waals surface area contributed by atoms with E-state index in [1.165, 1.54) is 13.3 Å².